The second-order valence-corrected chi connectivity index (χ2v) is 17.3. The van der Waals surface area contributed by atoms with Crippen molar-refractivity contribution in [2.45, 2.75) is 55.8 Å². The zero-order chi connectivity index (χ0) is 42.0. The van der Waals surface area contributed by atoms with Gasteiger partial charge in [0.15, 0.2) is 15.5 Å². The normalized spacial score (nSPS) is 16.8. The summed E-state index contributed by atoms with van der Waals surface area (Å²) < 4.78 is 25.5. The number of sulfone groups is 1. The lowest BCUT2D eigenvalue weighted by Gasteiger charge is -2.36. The average Bonchev–Trinajstić information content (AvgIpc) is 3.79. The van der Waals surface area contributed by atoms with Crippen LogP contribution in [0.5, 0.6) is 0 Å². The van der Waals surface area contributed by atoms with Crippen molar-refractivity contribution in [3.63, 3.8) is 0 Å². The minimum Gasteiger partial charge on any atom is -0.384 e. The van der Waals surface area contributed by atoms with Gasteiger partial charge in [0.1, 0.15) is 0 Å². The van der Waals surface area contributed by atoms with Crippen molar-refractivity contribution in [1.29, 1.82) is 0 Å². The molecule has 1 unspecified atom stereocenters. The molecule has 0 spiro atoms. The fraction of sp³-hybridized carbons (Fsp3) is 0.326. The van der Waals surface area contributed by atoms with Crippen LogP contribution in [-0.4, -0.2) is 96.4 Å². The van der Waals surface area contributed by atoms with E-state index in [-0.39, 0.29) is 34.3 Å². The number of aromatic nitrogens is 3. The Morgan fingerprint density at radius 3 is 2.32 bits per heavy atom. The lowest BCUT2D eigenvalue weighted by atomic mass is 9.87. The van der Waals surface area contributed by atoms with Gasteiger partial charge in [-0.25, -0.2) is 12.9 Å². The third-order valence-corrected chi connectivity index (χ3v) is 12.4. The number of pyridine rings is 1. The number of nitrogens with one attached hydrogen (secondary N) is 4. The molecule has 5 amide bonds. The molecule has 310 valence electrons. The van der Waals surface area contributed by atoms with E-state index in [9.17, 15) is 32.4 Å². The summed E-state index contributed by atoms with van der Waals surface area (Å²) >= 11 is 0. The van der Waals surface area contributed by atoms with E-state index >= 15 is 0 Å². The van der Waals surface area contributed by atoms with Crippen molar-refractivity contribution >= 4 is 68.0 Å². The molecule has 17 heteroatoms. The predicted octanol–water partition coefficient (Wildman–Crippen LogP) is 4.66. The number of hydrogen-bond acceptors (Lipinski definition) is 12. The van der Waals surface area contributed by atoms with Crippen molar-refractivity contribution in [2.24, 2.45) is 0 Å². The van der Waals surface area contributed by atoms with Crippen LogP contribution >= 0.6 is 0 Å². The molecular formula is C43H45N9O7S. The molecule has 16 nitrogen and oxygen atoms in total. The lowest BCUT2D eigenvalue weighted by molar-refractivity contribution is -0.134. The zero-order valence-electron chi connectivity index (χ0n) is 33.1. The Morgan fingerprint density at radius 1 is 0.833 bits per heavy atom. The average molecular weight is 832 g/mol. The number of fused-ring (bicyclic) bond motifs is 2. The molecule has 2 aromatic heterocycles. The summed E-state index contributed by atoms with van der Waals surface area (Å²) in [7, 11) is -3.30. The second-order valence-electron chi connectivity index (χ2n) is 15.3. The van der Waals surface area contributed by atoms with Gasteiger partial charge in [-0.3, -0.25) is 34.6 Å². The van der Waals surface area contributed by atoms with E-state index in [0.29, 0.717) is 55.3 Å². The van der Waals surface area contributed by atoms with Crippen molar-refractivity contribution in [2.75, 3.05) is 54.5 Å². The summed E-state index contributed by atoms with van der Waals surface area (Å²) in [6.07, 6.45) is 5.40. The van der Waals surface area contributed by atoms with Crippen molar-refractivity contribution < 1.29 is 32.4 Å². The van der Waals surface area contributed by atoms with Crippen LogP contribution < -0.4 is 26.2 Å². The molecule has 0 aliphatic carbocycles. The number of piperazine rings is 1. The topological polar surface area (TPSA) is 204 Å². The zero-order valence-corrected chi connectivity index (χ0v) is 33.9. The first-order valence-electron chi connectivity index (χ1n) is 20.1. The highest BCUT2D eigenvalue weighted by molar-refractivity contribution is 7.90. The first-order valence-corrected chi connectivity index (χ1v) is 22.0. The number of benzene rings is 3. The van der Waals surface area contributed by atoms with E-state index in [1.165, 1.54) is 6.26 Å². The largest absolute Gasteiger partial charge is 0.384 e. The van der Waals surface area contributed by atoms with Crippen molar-refractivity contribution in [1.82, 2.24) is 30.1 Å². The highest BCUT2D eigenvalue weighted by Gasteiger charge is 2.36. The molecule has 5 heterocycles. The molecule has 0 bridgehead atoms. The Kier molecular flexibility index (Phi) is 11.3. The molecular weight excluding hydrogens is 787 g/mol. The van der Waals surface area contributed by atoms with Crippen molar-refractivity contribution in [3.8, 4) is 11.3 Å². The number of hydrogen-bond donors (Lipinski definition) is 4. The van der Waals surface area contributed by atoms with Crippen LogP contribution in [0.4, 0.5) is 23.0 Å². The number of carbonyl (C=O) groups is 5. The summed E-state index contributed by atoms with van der Waals surface area (Å²) in [5.41, 5.74) is 5.66. The van der Waals surface area contributed by atoms with Gasteiger partial charge >= 0.3 is 0 Å². The maximum Gasteiger partial charge on any atom is 0.261 e. The van der Waals surface area contributed by atoms with Gasteiger partial charge in [-0.05, 0) is 79.4 Å². The smallest absolute Gasteiger partial charge is 0.261 e. The van der Waals surface area contributed by atoms with E-state index in [1.807, 2.05) is 47.4 Å². The van der Waals surface area contributed by atoms with E-state index in [0.717, 1.165) is 61.4 Å². The molecule has 8 rings (SSSR count). The van der Waals surface area contributed by atoms with Crippen LogP contribution in [0, 0.1) is 0 Å². The third kappa shape index (κ3) is 8.57. The molecule has 2 fully saturated rings. The molecule has 5 aromatic rings. The number of piperidine rings is 1. The number of rotatable bonds is 14. The van der Waals surface area contributed by atoms with Crippen molar-refractivity contribution in [3.05, 3.63) is 95.6 Å². The van der Waals surface area contributed by atoms with E-state index in [1.54, 1.807) is 40.9 Å². The molecule has 3 aromatic carbocycles. The summed E-state index contributed by atoms with van der Waals surface area (Å²) in [6, 6.07) is 23.6. The Morgan fingerprint density at radius 2 is 1.58 bits per heavy atom. The highest BCUT2D eigenvalue weighted by Crippen LogP contribution is 2.36. The van der Waals surface area contributed by atoms with E-state index in [4.69, 9.17) is 0 Å². The van der Waals surface area contributed by atoms with Crippen LogP contribution in [0.1, 0.15) is 77.1 Å². The number of nitrogens with zero attached hydrogens (tertiary/aromatic N) is 5. The maximum absolute atomic E-state index is 13.1. The van der Waals surface area contributed by atoms with Gasteiger partial charge in [-0.15, -0.1) is 5.10 Å². The molecule has 3 aliphatic rings. The quantitative estimate of drug-likeness (QED) is 0.0892. The Hall–Kier alpha value is -6.62. The Balaban J connectivity index is 0.775. The molecule has 0 saturated carbocycles. The van der Waals surface area contributed by atoms with Crippen LogP contribution in [0.3, 0.4) is 0 Å². The third-order valence-electron chi connectivity index (χ3n) is 11.2. The number of carbonyl (C=O) groups excluding carboxylic acids is 5. The Bertz CT molecular complexity index is 2600. The summed E-state index contributed by atoms with van der Waals surface area (Å²) in [6.45, 7) is 3.23. The first-order chi connectivity index (χ1) is 28.9. The minimum absolute atomic E-state index is 0.144. The van der Waals surface area contributed by atoms with Gasteiger partial charge in [-0.2, -0.15) is 4.98 Å². The second kappa shape index (κ2) is 16.9. The monoisotopic (exact) mass is 831 g/mol. The van der Waals surface area contributed by atoms with E-state index < -0.39 is 33.5 Å². The van der Waals surface area contributed by atoms with Crippen LogP contribution in [0.2, 0.25) is 0 Å². The number of amides is 5. The molecule has 0 radical (unpaired) electrons. The number of anilines is 4. The molecule has 1 atom stereocenters. The standard InChI is InChI=1S/C43H45N9O7S/c1-60(58,59)30-16-10-27(11-17-30)34-7-6-8-35-46-43(49-52(34)35)45-28-12-14-29(15-13-28)50-23-25-51(26-24-50)37(54)9-4-2-3-5-22-44-39-31(32-20-21-36(53)47-40(32)55)18-19-33-38(39)42(57)48-41(33)56/h6-8,10-19,32,44H,2-5,9,20-26H2,1H3,(H,45,49)(H,47,53,55)(H,48,56,57). The molecule has 2 saturated heterocycles. The predicted molar refractivity (Wildman–Crippen MR) is 225 cm³/mol. The van der Waals surface area contributed by atoms with Gasteiger partial charge < -0.3 is 20.4 Å². The first kappa shape index (κ1) is 40.2. The fourth-order valence-corrected chi connectivity index (χ4v) is 8.65. The number of unbranched alkanes of at least 4 members (excludes halogenated alkanes) is 3. The van der Waals surface area contributed by atoms with Crippen LogP contribution in [0.25, 0.3) is 16.9 Å². The SMILES string of the molecule is CS(=O)(=O)c1ccc(-c2cccc3nc(Nc4ccc(N5CCN(C(=O)CCCCCCNc6c(C7CCC(=O)NC7=O)ccc7c6C(=O)NC7=O)CC5)cc4)nn23)cc1. The van der Waals surface area contributed by atoms with Crippen LogP contribution in [-0.2, 0) is 24.2 Å². The minimum atomic E-state index is -3.30. The maximum atomic E-state index is 13.1. The molecule has 60 heavy (non-hydrogen) atoms. The molecule has 3 aliphatic heterocycles. The molecule has 4 N–H and O–H groups in total. The van der Waals surface area contributed by atoms with Gasteiger partial charge in [0.2, 0.25) is 23.7 Å². The van der Waals surface area contributed by atoms with Gasteiger partial charge in [0.05, 0.1) is 33.3 Å². The Labute approximate surface area is 346 Å². The summed E-state index contributed by atoms with van der Waals surface area (Å²) in [4.78, 5) is 71.6. The van der Waals surface area contributed by atoms with E-state index in [2.05, 4.69) is 36.2 Å². The van der Waals surface area contributed by atoms with Gasteiger partial charge in [-0.1, -0.05) is 37.1 Å². The lowest BCUT2D eigenvalue weighted by Crippen LogP contribution is -2.48. The number of imide groups is 2. The van der Waals surface area contributed by atoms with Gasteiger partial charge in [0.25, 0.3) is 11.8 Å². The highest BCUT2D eigenvalue weighted by atomic mass is 32.2. The summed E-state index contributed by atoms with van der Waals surface area (Å²) in [5, 5.41) is 16.0. The summed E-state index contributed by atoms with van der Waals surface area (Å²) in [5.74, 6) is -1.76. The van der Waals surface area contributed by atoms with Crippen LogP contribution in [0.15, 0.2) is 83.8 Å². The van der Waals surface area contributed by atoms with Gasteiger partial charge in [0, 0.05) is 68.8 Å². The fourth-order valence-electron chi connectivity index (χ4n) is 8.02.